The number of piperidine rings is 1. The number of amides is 1. The van der Waals surface area contributed by atoms with Crippen molar-refractivity contribution in [2.75, 3.05) is 13.1 Å². The third kappa shape index (κ3) is 5.39. The molecule has 0 atom stereocenters. The van der Waals surface area contributed by atoms with E-state index in [2.05, 4.69) is 5.32 Å². The van der Waals surface area contributed by atoms with Crippen molar-refractivity contribution in [3.8, 4) is 0 Å². The molecule has 1 amide bonds. The van der Waals surface area contributed by atoms with Gasteiger partial charge < -0.3 is 5.32 Å². The van der Waals surface area contributed by atoms with Crippen LogP contribution in [0.2, 0.25) is 0 Å². The van der Waals surface area contributed by atoms with E-state index in [1.54, 1.807) is 40.7 Å². The van der Waals surface area contributed by atoms with Crippen LogP contribution in [0.4, 0.5) is 4.39 Å². The number of benzene rings is 2. The topological polar surface area (TPSA) is 66.5 Å². The van der Waals surface area contributed by atoms with Gasteiger partial charge in [0.2, 0.25) is 15.9 Å². The van der Waals surface area contributed by atoms with Crippen molar-refractivity contribution in [1.29, 1.82) is 0 Å². The molecule has 1 N–H and O–H groups in total. The minimum Gasteiger partial charge on any atom is -0.352 e. The quantitative estimate of drug-likeness (QED) is 0.770. The van der Waals surface area contributed by atoms with Gasteiger partial charge in [0.25, 0.3) is 0 Å². The van der Waals surface area contributed by atoms with Gasteiger partial charge >= 0.3 is 0 Å². The van der Waals surface area contributed by atoms with Crippen molar-refractivity contribution >= 4 is 15.9 Å². The standard InChI is InChI=1S/C21H25FN2O3S/c22-19-6-4-5-17(15-19)9-12-21(25)23-16-18-7-10-20(11-8-18)28(26,27)24-13-2-1-3-14-24/h4-8,10-11,15H,1-3,9,12-14,16H2,(H,23,25). The first-order chi connectivity index (χ1) is 13.4. The largest absolute Gasteiger partial charge is 0.352 e. The van der Waals surface area contributed by atoms with Crippen molar-refractivity contribution in [2.45, 2.75) is 43.5 Å². The normalized spacial score (nSPS) is 15.3. The predicted octanol–water partition coefficient (Wildman–Crippen LogP) is 3.25. The van der Waals surface area contributed by atoms with Crippen LogP contribution in [0.1, 0.15) is 36.8 Å². The fourth-order valence-corrected chi connectivity index (χ4v) is 4.79. The van der Waals surface area contributed by atoms with E-state index in [9.17, 15) is 17.6 Å². The molecule has 0 radical (unpaired) electrons. The summed E-state index contributed by atoms with van der Waals surface area (Å²) in [6, 6.07) is 12.9. The number of halogens is 1. The van der Waals surface area contributed by atoms with Crippen molar-refractivity contribution in [3.63, 3.8) is 0 Å². The van der Waals surface area contributed by atoms with Gasteiger partial charge in [0, 0.05) is 26.1 Å². The molecule has 0 saturated carbocycles. The summed E-state index contributed by atoms with van der Waals surface area (Å²) >= 11 is 0. The Bertz CT molecular complexity index is 908. The Labute approximate surface area is 165 Å². The molecule has 0 aromatic heterocycles. The lowest BCUT2D eigenvalue weighted by Gasteiger charge is -2.25. The van der Waals surface area contributed by atoms with Gasteiger partial charge in [-0.15, -0.1) is 0 Å². The highest BCUT2D eigenvalue weighted by Gasteiger charge is 2.25. The molecule has 1 saturated heterocycles. The molecule has 150 valence electrons. The second-order valence-electron chi connectivity index (χ2n) is 7.02. The maximum absolute atomic E-state index is 13.1. The van der Waals surface area contributed by atoms with E-state index in [0.717, 1.165) is 30.4 Å². The Morgan fingerprint density at radius 2 is 1.71 bits per heavy atom. The van der Waals surface area contributed by atoms with Crippen molar-refractivity contribution in [3.05, 3.63) is 65.5 Å². The Kier molecular flexibility index (Phi) is 6.80. The lowest BCUT2D eigenvalue weighted by molar-refractivity contribution is -0.121. The Balaban J connectivity index is 1.50. The number of carbonyl (C=O) groups is 1. The SMILES string of the molecule is O=C(CCc1cccc(F)c1)NCc1ccc(S(=O)(=O)N2CCCCC2)cc1. The van der Waals surface area contributed by atoms with Crippen LogP contribution >= 0.6 is 0 Å². The summed E-state index contributed by atoms with van der Waals surface area (Å²) in [5.41, 5.74) is 1.61. The summed E-state index contributed by atoms with van der Waals surface area (Å²) in [7, 11) is -3.44. The van der Waals surface area contributed by atoms with E-state index >= 15 is 0 Å². The van der Waals surface area contributed by atoms with E-state index in [0.29, 0.717) is 26.1 Å². The van der Waals surface area contributed by atoms with E-state index in [1.165, 1.54) is 12.1 Å². The van der Waals surface area contributed by atoms with Gasteiger partial charge in [0.15, 0.2) is 0 Å². The predicted molar refractivity (Wildman–Crippen MR) is 106 cm³/mol. The summed E-state index contributed by atoms with van der Waals surface area (Å²) in [4.78, 5) is 12.3. The monoisotopic (exact) mass is 404 g/mol. The number of aryl methyl sites for hydroxylation is 1. The van der Waals surface area contributed by atoms with Crippen molar-refractivity contribution in [2.24, 2.45) is 0 Å². The molecule has 0 unspecified atom stereocenters. The van der Waals surface area contributed by atoms with E-state index in [-0.39, 0.29) is 23.0 Å². The van der Waals surface area contributed by atoms with Crippen LogP contribution in [-0.4, -0.2) is 31.7 Å². The Hall–Kier alpha value is -2.25. The third-order valence-corrected chi connectivity index (χ3v) is 6.81. The zero-order chi connectivity index (χ0) is 20.0. The highest BCUT2D eigenvalue weighted by molar-refractivity contribution is 7.89. The first kappa shape index (κ1) is 20.5. The summed E-state index contributed by atoms with van der Waals surface area (Å²) in [6.07, 6.45) is 3.61. The first-order valence-corrected chi connectivity index (χ1v) is 11.0. The molecular weight excluding hydrogens is 379 g/mol. The number of rotatable bonds is 7. The number of carbonyl (C=O) groups excluding carboxylic acids is 1. The van der Waals surface area contributed by atoms with Gasteiger partial charge in [-0.1, -0.05) is 30.7 Å². The summed E-state index contributed by atoms with van der Waals surface area (Å²) in [5.74, 6) is -0.438. The molecular formula is C21H25FN2O3S. The van der Waals surface area contributed by atoms with Gasteiger partial charge in [-0.05, 0) is 54.7 Å². The number of hydrogen-bond donors (Lipinski definition) is 1. The fourth-order valence-electron chi connectivity index (χ4n) is 3.27. The molecule has 0 spiro atoms. The Morgan fingerprint density at radius 1 is 1.00 bits per heavy atom. The van der Waals surface area contributed by atoms with Crippen LogP contribution in [0.5, 0.6) is 0 Å². The van der Waals surface area contributed by atoms with Gasteiger partial charge in [0.1, 0.15) is 5.82 Å². The van der Waals surface area contributed by atoms with E-state index in [1.807, 2.05) is 0 Å². The van der Waals surface area contributed by atoms with Crippen molar-refractivity contribution < 1.29 is 17.6 Å². The minimum atomic E-state index is -3.44. The van der Waals surface area contributed by atoms with Crippen molar-refractivity contribution in [1.82, 2.24) is 9.62 Å². The Morgan fingerprint density at radius 3 is 2.39 bits per heavy atom. The smallest absolute Gasteiger partial charge is 0.243 e. The molecule has 0 aliphatic carbocycles. The molecule has 1 fully saturated rings. The second kappa shape index (κ2) is 9.30. The van der Waals surface area contributed by atoms with Gasteiger partial charge in [-0.25, -0.2) is 12.8 Å². The molecule has 2 aromatic rings. The number of sulfonamides is 1. The van der Waals surface area contributed by atoms with Gasteiger partial charge in [-0.2, -0.15) is 4.31 Å². The van der Waals surface area contributed by atoms with Crippen LogP contribution in [0, 0.1) is 5.82 Å². The third-order valence-electron chi connectivity index (χ3n) is 4.90. The molecule has 5 nitrogen and oxygen atoms in total. The maximum atomic E-state index is 13.1. The van der Waals surface area contributed by atoms with E-state index < -0.39 is 10.0 Å². The highest BCUT2D eigenvalue weighted by atomic mass is 32.2. The summed E-state index contributed by atoms with van der Waals surface area (Å²) < 4.78 is 40.0. The molecule has 2 aromatic carbocycles. The molecule has 3 rings (SSSR count). The zero-order valence-electron chi connectivity index (χ0n) is 15.7. The molecule has 1 heterocycles. The molecule has 1 aliphatic rings. The molecule has 28 heavy (non-hydrogen) atoms. The lowest BCUT2D eigenvalue weighted by atomic mass is 10.1. The van der Waals surface area contributed by atoms with Crippen LogP contribution in [0.25, 0.3) is 0 Å². The van der Waals surface area contributed by atoms with Gasteiger partial charge in [0.05, 0.1) is 4.90 Å². The highest BCUT2D eigenvalue weighted by Crippen LogP contribution is 2.20. The molecule has 7 heteroatoms. The number of hydrogen-bond acceptors (Lipinski definition) is 3. The second-order valence-corrected chi connectivity index (χ2v) is 8.95. The zero-order valence-corrected chi connectivity index (χ0v) is 16.6. The summed E-state index contributed by atoms with van der Waals surface area (Å²) in [5, 5.41) is 2.81. The number of nitrogens with zero attached hydrogens (tertiary/aromatic N) is 1. The first-order valence-electron chi connectivity index (χ1n) is 9.55. The average Bonchev–Trinajstić information content (AvgIpc) is 2.72. The maximum Gasteiger partial charge on any atom is 0.243 e. The molecule has 0 bridgehead atoms. The average molecular weight is 405 g/mol. The van der Waals surface area contributed by atoms with Crippen LogP contribution in [0.15, 0.2) is 53.4 Å². The fraction of sp³-hybridized carbons (Fsp3) is 0.381. The van der Waals surface area contributed by atoms with Crippen LogP contribution < -0.4 is 5.32 Å². The molecule has 1 aliphatic heterocycles. The van der Waals surface area contributed by atoms with Crippen LogP contribution in [-0.2, 0) is 27.8 Å². The summed E-state index contributed by atoms with van der Waals surface area (Å²) in [6.45, 7) is 1.48. The number of nitrogens with one attached hydrogen (secondary N) is 1. The van der Waals surface area contributed by atoms with Gasteiger partial charge in [-0.3, -0.25) is 4.79 Å². The van der Waals surface area contributed by atoms with E-state index in [4.69, 9.17) is 0 Å². The lowest BCUT2D eigenvalue weighted by Crippen LogP contribution is -2.35. The van der Waals surface area contributed by atoms with Crippen LogP contribution in [0.3, 0.4) is 0 Å². The minimum absolute atomic E-state index is 0.130.